The second-order valence-electron chi connectivity index (χ2n) is 16.0. The molecule has 15 heteroatoms. The highest BCUT2D eigenvalue weighted by atomic mass is 16.3. The number of hydrogen-bond donors (Lipinski definition) is 3. The van der Waals surface area contributed by atoms with Crippen molar-refractivity contribution in [3.8, 4) is 17.6 Å². The minimum absolute atomic E-state index is 0.182. The first-order valence-corrected chi connectivity index (χ1v) is 19.6. The van der Waals surface area contributed by atoms with Gasteiger partial charge in [0.2, 0.25) is 11.8 Å². The number of piperazine rings is 1. The van der Waals surface area contributed by atoms with Gasteiger partial charge in [0, 0.05) is 68.4 Å². The van der Waals surface area contributed by atoms with E-state index in [0.29, 0.717) is 53.9 Å². The van der Waals surface area contributed by atoms with E-state index >= 15 is 0 Å². The number of benzene rings is 1. The SMILES string of the molecule is CC(C)(O)CNc1cc(-n2ncc3cc(C#N)cnc32)ncc1-n1cc(C2CCC(CCN3CCN(c4ccc(C5CCC(=O)NC5=O)cc4)CC3)CC2)nn1. The molecule has 2 aliphatic heterocycles. The molecule has 6 heterocycles. The summed E-state index contributed by atoms with van der Waals surface area (Å²) in [4.78, 5) is 38.0. The molecule has 1 saturated carbocycles. The van der Waals surface area contributed by atoms with Crippen LogP contribution in [0.1, 0.15) is 87.4 Å². The number of hydrogen-bond acceptors (Lipinski definition) is 12. The van der Waals surface area contributed by atoms with E-state index in [1.165, 1.54) is 31.1 Å². The molecule has 0 bridgehead atoms. The summed E-state index contributed by atoms with van der Waals surface area (Å²) in [6, 6.07) is 14.0. The van der Waals surface area contributed by atoms with Gasteiger partial charge in [0.05, 0.1) is 47.1 Å². The molecule has 2 amide bonds. The molecule has 8 rings (SSSR count). The van der Waals surface area contributed by atoms with Crippen LogP contribution in [-0.4, -0.2) is 101 Å². The largest absolute Gasteiger partial charge is 0.389 e. The van der Waals surface area contributed by atoms with Crippen molar-refractivity contribution in [2.75, 3.05) is 49.5 Å². The number of piperidine rings is 1. The number of carbonyl (C=O) groups excluding carboxylic acids is 2. The van der Waals surface area contributed by atoms with Crippen molar-refractivity contribution in [1.29, 1.82) is 5.26 Å². The average Bonchev–Trinajstić information content (AvgIpc) is 3.87. The molecule has 0 radical (unpaired) electrons. The Morgan fingerprint density at radius 1 is 0.982 bits per heavy atom. The van der Waals surface area contributed by atoms with Gasteiger partial charge in [-0.2, -0.15) is 15.0 Å². The maximum Gasteiger partial charge on any atom is 0.234 e. The van der Waals surface area contributed by atoms with Crippen LogP contribution in [0.4, 0.5) is 11.4 Å². The van der Waals surface area contributed by atoms with E-state index in [1.54, 1.807) is 41.7 Å². The van der Waals surface area contributed by atoms with Crippen LogP contribution in [-0.2, 0) is 9.59 Å². The van der Waals surface area contributed by atoms with Crippen molar-refractivity contribution < 1.29 is 14.7 Å². The van der Waals surface area contributed by atoms with Crippen LogP contribution in [0, 0.1) is 17.2 Å². The summed E-state index contributed by atoms with van der Waals surface area (Å²) in [7, 11) is 0. The number of nitrogens with zero attached hydrogens (tertiary/aromatic N) is 10. The lowest BCUT2D eigenvalue weighted by atomic mass is 9.79. The van der Waals surface area contributed by atoms with Gasteiger partial charge in [0.25, 0.3) is 0 Å². The molecule has 56 heavy (non-hydrogen) atoms. The monoisotopic (exact) mass is 756 g/mol. The van der Waals surface area contributed by atoms with Crippen molar-refractivity contribution in [2.24, 2.45) is 5.92 Å². The van der Waals surface area contributed by atoms with Gasteiger partial charge in [-0.15, -0.1) is 5.10 Å². The predicted molar refractivity (Wildman–Crippen MR) is 211 cm³/mol. The standard InChI is InChI=1S/C41H48N12O3/c1-41(2,56)26-45-34-20-37(53-39-31(23-46-53)19-28(21-42)22-44-39)43-24-36(34)52-25-35(48-49-52)30-5-3-27(4-6-30)13-14-50-15-17-51(18-16-50)32-9-7-29(8-10-32)33-11-12-38(54)47-40(33)55/h7-10,19-20,22-25,27,30,33,56H,3-6,11-18,26H2,1-2H3,(H,43,45)(H,47,54,55). The highest BCUT2D eigenvalue weighted by Gasteiger charge is 2.29. The first-order chi connectivity index (χ1) is 27.1. The Bertz CT molecular complexity index is 2240. The van der Waals surface area contributed by atoms with Crippen molar-refractivity contribution in [2.45, 2.75) is 76.2 Å². The van der Waals surface area contributed by atoms with Gasteiger partial charge in [0.1, 0.15) is 11.8 Å². The third-order valence-electron chi connectivity index (χ3n) is 11.5. The summed E-state index contributed by atoms with van der Waals surface area (Å²) in [6.07, 6.45) is 13.6. The number of fused-ring (bicyclic) bond motifs is 1. The molecule has 1 atom stereocenters. The highest BCUT2D eigenvalue weighted by molar-refractivity contribution is 6.01. The molecule has 3 aliphatic rings. The van der Waals surface area contributed by atoms with Gasteiger partial charge < -0.3 is 15.3 Å². The molecule has 2 saturated heterocycles. The molecule has 290 valence electrons. The van der Waals surface area contributed by atoms with E-state index in [0.717, 1.165) is 67.9 Å². The molecule has 4 aromatic heterocycles. The van der Waals surface area contributed by atoms with Crippen LogP contribution in [0.15, 0.2) is 61.2 Å². The molecule has 15 nitrogen and oxygen atoms in total. The number of rotatable bonds is 11. The number of aromatic nitrogens is 7. The molecule has 3 N–H and O–H groups in total. The van der Waals surface area contributed by atoms with Crippen LogP contribution < -0.4 is 15.5 Å². The van der Waals surface area contributed by atoms with Crippen LogP contribution in [0.3, 0.4) is 0 Å². The highest BCUT2D eigenvalue weighted by Crippen LogP contribution is 2.37. The van der Waals surface area contributed by atoms with E-state index in [9.17, 15) is 20.0 Å². The van der Waals surface area contributed by atoms with Gasteiger partial charge >= 0.3 is 0 Å². The summed E-state index contributed by atoms with van der Waals surface area (Å²) in [5.74, 6) is 0.972. The first kappa shape index (κ1) is 37.2. The fourth-order valence-electron chi connectivity index (χ4n) is 8.19. The Morgan fingerprint density at radius 3 is 2.50 bits per heavy atom. The number of carbonyl (C=O) groups is 2. The maximum atomic E-state index is 12.3. The zero-order chi connectivity index (χ0) is 38.8. The molecule has 1 aromatic carbocycles. The predicted octanol–water partition coefficient (Wildman–Crippen LogP) is 4.46. The zero-order valence-electron chi connectivity index (χ0n) is 31.9. The van der Waals surface area contributed by atoms with Crippen molar-refractivity contribution >= 4 is 34.2 Å². The maximum absolute atomic E-state index is 12.3. The fourth-order valence-corrected chi connectivity index (χ4v) is 8.19. The number of pyridine rings is 2. The van der Waals surface area contributed by atoms with E-state index in [-0.39, 0.29) is 17.7 Å². The lowest BCUT2D eigenvalue weighted by molar-refractivity contribution is -0.134. The summed E-state index contributed by atoms with van der Waals surface area (Å²) in [6.45, 7) is 8.95. The van der Waals surface area contributed by atoms with Gasteiger partial charge in [-0.1, -0.05) is 17.3 Å². The minimum Gasteiger partial charge on any atom is -0.389 e. The summed E-state index contributed by atoms with van der Waals surface area (Å²) >= 11 is 0. The summed E-state index contributed by atoms with van der Waals surface area (Å²) < 4.78 is 3.39. The number of imide groups is 1. The lowest BCUT2D eigenvalue weighted by Gasteiger charge is -2.37. The molecule has 3 fully saturated rings. The summed E-state index contributed by atoms with van der Waals surface area (Å²) in [5.41, 5.74) is 4.67. The Labute approximate surface area is 325 Å². The Hall–Kier alpha value is -5.72. The number of anilines is 2. The lowest BCUT2D eigenvalue weighted by Crippen LogP contribution is -2.47. The van der Waals surface area contributed by atoms with Gasteiger partial charge in [0.15, 0.2) is 11.5 Å². The van der Waals surface area contributed by atoms with Gasteiger partial charge in [-0.3, -0.25) is 19.8 Å². The molecule has 0 spiro atoms. The van der Waals surface area contributed by atoms with Crippen LogP contribution >= 0.6 is 0 Å². The Morgan fingerprint density at radius 2 is 1.77 bits per heavy atom. The Kier molecular flexibility index (Phi) is 10.5. The number of aliphatic hydroxyl groups is 1. The zero-order valence-corrected chi connectivity index (χ0v) is 31.9. The van der Waals surface area contributed by atoms with E-state index in [1.807, 2.05) is 24.4 Å². The number of amides is 2. The third kappa shape index (κ3) is 8.26. The van der Waals surface area contributed by atoms with Crippen LogP contribution in [0.5, 0.6) is 0 Å². The quantitative estimate of drug-likeness (QED) is 0.161. The van der Waals surface area contributed by atoms with Crippen molar-refractivity contribution in [3.63, 3.8) is 0 Å². The van der Waals surface area contributed by atoms with E-state index in [2.05, 4.69) is 59.0 Å². The smallest absolute Gasteiger partial charge is 0.234 e. The number of nitrogens with one attached hydrogen (secondary N) is 2. The molecule has 1 aliphatic carbocycles. The minimum atomic E-state index is -0.954. The molecule has 1 unspecified atom stereocenters. The second kappa shape index (κ2) is 15.8. The fraction of sp³-hybridized carbons (Fsp3) is 0.463. The number of nitriles is 1. The van der Waals surface area contributed by atoms with Gasteiger partial charge in [-0.05, 0) is 88.6 Å². The Balaban J connectivity index is 0.841. The first-order valence-electron chi connectivity index (χ1n) is 19.6. The van der Waals surface area contributed by atoms with Crippen molar-refractivity contribution in [1.82, 2.24) is 45.0 Å². The molecular formula is C41H48N12O3. The second-order valence-corrected chi connectivity index (χ2v) is 16.0. The topological polar surface area (TPSA) is 183 Å². The van der Waals surface area contributed by atoms with Gasteiger partial charge in [-0.25, -0.2) is 14.6 Å². The average molecular weight is 757 g/mol. The molecule has 5 aromatic rings. The van der Waals surface area contributed by atoms with Crippen LogP contribution in [0.2, 0.25) is 0 Å². The summed E-state index contributed by atoms with van der Waals surface area (Å²) in [5, 5.41) is 40.0. The van der Waals surface area contributed by atoms with Crippen molar-refractivity contribution in [3.05, 3.63) is 78.0 Å². The third-order valence-corrected chi connectivity index (χ3v) is 11.5. The van der Waals surface area contributed by atoms with Crippen LogP contribution in [0.25, 0.3) is 22.5 Å². The molecular weight excluding hydrogens is 709 g/mol. The van der Waals surface area contributed by atoms with E-state index < -0.39 is 5.60 Å². The normalized spacial score (nSPS) is 20.9. The van der Waals surface area contributed by atoms with E-state index in [4.69, 9.17) is 4.98 Å².